The molecular weight excluding hydrogens is 216 g/mol. The molecule has 0 aliphatic heterocycles. The van der Waals surface area contributed by atoms with Crippen molar-refractivity contribution in [3.8, 4) is 0 Å². The predicted molar refractivity (Wildman–Crippen MR) is 67.5 cm³/mol. The van der Waals surface area contributed by atoms with Gasteiger partial charge in [-0.1, -0.05) is 19.8 Å². The number of nitrogens with one attached hydrogen (secondary N) is 1. The summed E-state index contributed by atoms with van der Waals surface area (Å²) in [4.78, 5) is 7.89. The fourth-order valence-corrected chi connectivity index (χ4v) is 2.52. The molecule has 0 spiro atoms. The van der Waals surface area contributed by atoms with Gasteiger partial charge in [-0.2, -0.15) is 0 Å². The maximum atomic E-state index is 10.4. The summed E-state index contributed by atoms with van der Waals surface area (Å²) < 4.78 is 0. The van der Waals surface area contributed by atoms with Crippen LogP contribution < -0.4 is 11.1 Å². The Morgan fingerprint density at radius 3 is 3.12 bits per heavy atom. The second-order valence-corrected chi connectivity index (χ2v) is 5.11. The summed E-state index contributed by atoms with van der Waals surface area (Å²) in [7, 11) is 0. The molecule has 1 aliphatic carbocycles. The molecule has 2 unspecified atom stereocenters. The van der Waals surface area contributed by atoms with Crippen LogP contribution in [0.25, 0.3) is 0 Å². The van der Waals surface area contributed by atoms with E-state index < -0.39 is 5.60 Å². The van der Waals surface area contributed by atoms with Crippen molar-refractivity contribution in [2.45, 2.75) is 38.2 Å². The first-order valence-electron chi connectivity index (χ1n) is 6.11. The third-order valence-corrected chi connectivity index (χ3v) is 3.35. The summed E-state index contributed by atoms with van der Waals surface area (Å²) in [5.41, 5.74) is 4.96. The number of anilines is 2. The van der Waals surface area contributed by atoms with Gasteiger partial charge in [-0.15, -0.1) is 0 Å². The molecule has 1 aromatic rings. The van der Waals surface area contributed by atoms with Crippen molar-refractivity contribution in [3.63, 3.8) is 0 Å². The molecule has 2 atom stereocenters. The molecule has 5 heteroatoms. The Kier molecular flexibility index (Phi) is 3.47. The van der Waals surface area contributed by atoms with Crippen molar-refractivity contribution >= 4 is 11.6 Å². The second-order valence-electron chi connectivity index (χ2n) is 5.11. The Labute approximate surface area is 101 Å². The fraction of sp³-hybridized carbons (Fsp3) is 0.667. The summed E-state index contributed by atoms with van der Waals surface area (Å²) in [5.74, 6) is 1.70. The van der Waals surface area contributed by atoms with Gasteiger partial charge in [0.25, 0.3) is 0 Å². The van der Waals surface area contributed by atoms with E-state index in [4.69, 9.17) is 5.73 Å². The van der Waals surface area contributed by atoms with Gasteiger partial charge in [0.1, 0.15) is 18.0 Å². The van der Waals surface area contributed by atoms with E-state index in [9.17, 15) is 5.11 Å². The van der Waals surface area contributed by atoms with Gasteiger partial charge in [-0.3, -0.25) is 0 Å². The minimum atomic E-state index is -0.614. The van der Waals surface area contributed by atoms with Crippen LogP contribution in [0.1, 0.15) is 32.6 Å². The lowest BCUT2D eigenvalue weighted by Gasteiger charge is -2.35. The highest BCUT2D eigenvalue weighted by atomic mass is 16.3. The third-order valence-electron chi connectivity index (χ3n) is 3.35. The van der Waals surface area contributed by atoms with Gasteiger partial charge in [0.05, 0.1) is 5.60 Å². The molecule has 1 saturated carbocycles. The van der Waals surface area contributed by atoms with Crippen molar-refractivity contribution in [1.82, 2.24) is 9.97 Å². The second kappa shape index (κ2) is 4.87. The molecule has 0 amide bonds. The van der Waals surface area contributed by atoms with E-state index in [0.29, 0.717) is 24.1 Å². The number of aromatic nitrogens is 2. The first-order chi connectivity index (χ1) is 8.07. The van der Waals surface area contributed by atoms with Crippen LogP contribution in [0.5, 0.6) is 0 Å². The highest BCUT2D eigenvalue weighted by molar-refractivity contribution is 5.43. The van der Waals surface area contributed by atoms with Crippen LogP contribution in [-0.2, 0) is 0 Å². The molecule has 0 aromatic carbocycles. The van der Waals surface area contributed by atoms with Crippen molar-refractivity contribution in [2.75, 3.05) is 17.6 Å². The molecule has 2 rings (SSSR count). The van der Waals surface area contributed by atoms with Crippen LogP contribution >= 0.6 is 0 Å². The van der Waals surface area contributed by atoms with Gasteiger partial charge in [-0.25, -0.2) is 9.97 Å². The lowest BCUT2D eigenvalue weighted by atomic mass is 9.79. The molecule has 4 N–H and O–H groups in total. The number of nitrogen functional groups attached to an aromatic ring is 1. The Morgan fingerprint density at radius 1 is 1.59 bits per heavy atom. The van der Waals surface area contributed by atoms with E-state index in [1.807, 2.05) is 0 Å². The summed E-state index contributed by atoms with van der Waals surface area (Å²) in [5, 5.41) is 13.6. The monoisotopic (exact) mass is 236 g/mol. The normalized spacial score (nSPS) is 28.9. The molecule has 5 nitrogen and oxygen atoms in total. The molecule has 1 fully saturated rings. The van der Waals surface area contributed by atoms with E-state index in [0.717, 1.165) is 19.3 Å². The number of rotatable bonds is 3. The van der Waals surface area contributed by atoms with E-state index in [2.05, 4.69) is 22.2 Å². The highest BCUT2D eigenvalue weighted by Gasteiger charge is 2.32. The molecule has 1 aliphatic rings. The minimum Gasteiger partial charge on any atom is -0.388 e. The summed E-state index contributed by atoms with van der Waals surface area (Å²) in [6.07, 6.45) is 5.42. The molecule has 17 heavy (non-hydrogen) atoms. The third kappa shape index (κ3) is 3.30. The van der Waals surface area contributed by atoms with Crippen molar-refractivity contribution in [2.24, 2.45) is 5.92 Å². The Hall–Kier alpha value is -1.36. The molecule has 0 radical (unpaired) electrons. The summed E-state index contributed by atoms with van der Waals surface area (Å²) >= 11 is 0. The lowest BCUT2D eigenvalue weighted by Crippen LogP contribution is -2.41. The Balaban J connectivity index is 1.93. The van der Waals surface area contributed by atoms with Crippen LogP contribution in [0, 0.1) is 5.92 Å². The molecular formula is C12H20N4O. The van der Waals surface area contributed by atoms with Crippen molar-refractivity contribution in [1.29, 1.82) is 0 Å². The van der Waals surface area contributed by atoms with E-state index in [-0.39, 0.29) is 0 Å². The minimum absolute atomic E-state index is 0.437. The molecule has 1 aromatic heterocycles. The van der Waals surface area contributed by atoms with Gasteiger partial charge < -0.3 is 16.2 Å². The standard InChI is InChI=1S/C12H20N4O/c1-9-3-2-4-12(17,6-9)7-14-11-5-10(13)15-8-16-11/h5,8-9,17H,2-4,6-7H2,1H3,(H3,13,14,15,16). The van der Waals surface area contributed by atoms with Gasteiger partial charge in [-0.05, 0) is 18.8 Å². The summed E-state index contributed by atoms with van der Waals surface area (Å²) in [6.45, 7) is 2.71. The number of aliphatic hydroxyl groups is 1. The van der Waals surface area contributed by atoms with Crippen LogP contribution in [0.4, 0.5) is 11.6 Å². The summed E-state index contributed by atoms with van der Waals surface area (Å²) in [6, 6.07) is 1.68. The van der Waals surface area contributed by atoms with E-state index >= 15 is 0 Å². The van der Waals surface area contributed by atoms with Crippen LogP contribution in [-0.4, -0.2) is 27.2 Å². The van der Waals surface area contributed by atoms with Gasteiger partial charge in [0.15, 0.2) is 0 Å². The topological polar surface area (TPSA) is 84.1 Å². The maximum Gasteiger partial charge on any atom is 0.131 e. The predicted octanol–water partition coefficient (Wildman–Crippen LogP) is 1.41. The molecule has 94 valence electrons. The molecule has 0 saturated heterocycles. The van der Waals surface area contributed by atoms with E-state index in [1.165, 1.54) is 12.7 Å². The Morgan fingerprint density at radius 2 is 2.41 bits per heavy atom. The fourth-order valence-electron chi connectivity index (χ4n) is 2.52. The zero-order chi connectivity index (χ0) is 12.3. The average molecular weight is 236 g/mol. The first kappa shape index (κ1) is 12.1. The smallest absolute Gasteiger partial charge is 0.131 e. The van der Waals surface area contributed by atoms with Crippen LogP contribution in [0.3, 0.4) is 0 Å². The lowest BCUT2D eigenvalue weighted by molar-refractivity contribution is -0.000827. The Bertz CT molecular complexity index is 385. The molecule has 0 bridgehead atoms. The maximum absolute atomic E-state index is 10.4. The van der Waals surface area contributed by atoms with Crippen molar-refractivity contribution in [3.05, 3.63) is 12.4 Å². The number of hydrogen-bond donors (Lipinski definition) is 3. The SMILES string of the molecule is CC1CCCC(O)(CNc2cc(N)ncn2)C1. The first-order valence-corrected chi connectivity index (χ1v) is 6.11. The molecule has 1 heterocycles. The highest BCUT2D eigenvalue weighted by Crippen LogP contribution is 2.32. The van der Waals surface area contributed by atoms with Gasteiger partial charge in [0.2, 0.25) is 0 Å². The van der Waals surface area contributed by atoms with Crippen LogP contribution in [0.15, 0.2) is 12.4 Å². The van der Waals surface area contributed by atoms with Crippen molar-refractivity contribution < 1.29 is 5.11 Å². The number of hydrogen-bond acceptors (Lipinski definition) is 5. The zero-order valence-electron chi connectivity index (χ0n) is 10.2. The zero-order valence-corrected chi connectivity index (χ0v) is 10.2. The van der Waals surface area contributed by atoms with E-state index in [1.54, 1.807) is 6.07 Å². The largest absolute Gasteiger partial charge is 0.388 e. The average Bonchev–Trinajstić information content (AvgIpc) is 2.26. The van der Waals surface area contributed by atoms with Crippen LogP contribution in [0.2, 0.25) is 0 Å². The number of nitrogens with two attached hydrogens (primary N) is 1. The van der Waals surface area contributed by atoms with Gasteiger partial charge in [0, 0.05) is 12.6 Å². The number of nitrogens with zero attached hydrogens (tertiary/aromatic N) is 2. The van der Waals surface area contributed by atoms with Gasteiger partial charge >= 0.3 is 0 Å². The quantitative estimate of drug-likeness (QED) is 0.739.